The lowest BCUT2D eigenvalue weighted by atomic mass is 9.49. The predicted molar refractivity (Wildman–Crippen MR) is 225 cm³/mol. The molecule has 0 fully saturated rings. The Bertz CT molecular complexity index is 2750. The van der Waals surface area contributed by atoms with Crippen molar-refractivity contribution in [3.8, 4) is 0 Å². The zero-order valence-electron chi connectivity index (χ0n) is 33.9. The molecule has 298 valence electrons. The Balaban J connectivity index is 1.66. The van der Waals surface area contributed by atoms with Crippen LogP contribution in [0.1, 0.15) is 120 Å². The SMILES string of the molecule is CCC1=C(C)c2nc1cc1[nH]c(cc3[nH]c(cc4nc5c2C=C(C(N)=O)C2N(C)c6ccc(C=O)cc6C4(CCC(=O)O)C52C)c(CCC(=O)O)c3C)c(CC)c1C. The molecule has 1 amide bonds. The number of nitrogens with zero attached hydrogens (tertiary/aromatic N) is 3. The second-order valence-corrected chi connectivity index (χ2v) is 16.2. The number of likely N-dealkylation sites (N-methyl/N-ethyl adjacent to an activating group) is 1. The van der Waals surface area contributed by atoms with Crippen molar-refractivity contribution in [1.29, 1.82) is 0 Å². The van der Waals surface area contributed by atoms with Crippen molar-refractivity contribution < 1.29 is 29.4 Å². The molecule has 1 aromatic carbocycles. The molecular weight excluding hydrogens is 733 g/mol. The van der Waals surface area contributed by atoms with Gasteiger partial charge in [-0.25, -0.2) is 4.98 Å². The van der Waals surface area contributed by atoms with Gasteiger partial charge >= 0.3 is 11.9 Å². The van der Waals surface area contributed by atoms with Crippen molar-refractivity contribution in [1.82, 2.24) is 19.9 Å². The van der Waals surface area contributed by atoms with Gasteiger partial charge in [0.1, 0.15) is 6.29 Å². The minimum absolute atomic E-state index is 0.0660. The van der Waals surface area contributed by atoms with E-state index in [0.717, 1.165) is 68.4 Å². The first-order valence-corrected chi connectivity index (χ1v) is 19.9. The highest BCUT2D eigenvalue weighted by molar-refractivity contribution is 6.04. The average Bonchev–Trinajstić information content (AvgIpc) is 3.84. The summed E-state index contributed by atoms with van der Waals surface area (Å²) in [6.45, 7) is 12.3. The molecule has 12 nitrogen and oxygen atoms in total. The van der Waals surface area contributed by atoms with Crippen LogP contribution in [0.4, 0.5) is 5.69 Å². The van der Waals surface area contributed by atoms with Crippen LogP contribution < -0.4 is 10.6 Å². The van der Waals surface area contributed by atoms with Gasteiger partial charge in [-0.3, -0.25) is 24.2 Å². The van der Waals surface area contributed by atoms with Crippen LogP contribution in [0, 0.1) is 13.8 Å². The fraction of sp³-hybridized carbons (Fsp3) is 0.348. The van der Waals surface area contributed by atoms with Gasteiger partial charge in [0, 0.05) is 64.3 Å². The molecule has 8 bridgehead atoms. The van der Waals surface area contributed by atoms with Crippen molar-refractivity contribution >= 4 is 69.1 Å². The summed E-state index contributed by atoms with van der Waals surface area (Å²) in [5.74, 6) is -2.57. The molecule has 0 spiro atoms. The van der Waals surface area contributed by atoms with E-state index in [1.807, 2.05) is 57.0 Å². The summed E-state index contributed by atoms with van der Waals surface area (Å²) in [7, 11) is 1.89. The van der Waals surface area contributed by atoms with Crippen molar-refractivity contribution in [2.45, 2.75) is 96.9 Å². The molecule has 12 heteroatoms. The number of rotatable bonds is 10. The van der Waals surface area contributed by atoms with E-state index in [1.54, 1.807) is 6.07 Å². The zero-order valence-corrected chi connectivity index (χ0v) is 33.9. The first-order valence-electron chi connectivity index (χ1n) is 19.9. The number of aromatic amines is 2. The molecule has 6 heterocycles. The smallest absolute Gasteiger partial charge is 0.303 e. The molecule has 4 aliphatic rings. The van der Waals surface area contributed by atoms with Crippen LogP contribution in [0.25, 0.3) is 39.3 Å². The summed E-state index contributed by atoms with van der Waals surface area (Å²) in [6.07, 6.45) is 3.98. The number of anilines is 1. The fourth-order valence-corrected chi connectivity index (χ4v) is 10.7. The first-order chi connectivity index (χ1) is 27.6. The number of aldehydes is 1. The number of carbonyl (C=O) groups excluding carboxylic acids is 2. The summed E-state index contributed by atoms with van der Waals surface area (Å²) in [5.41, 5.74) is 18.6. The normalized spacial score (nSPS) is 20.5. The van der Waals surface area contributed by atoms with E-state index >= 15 is 0 Å². The number of H-pyrrole nitrogens is 2. The largest absolute Gasteiger partial charge is 0.481 e. The number of carboxylic acids is 2. The Labute approximate surface area is 335 Å². The van der Waals surface area contributed by atoms with Crippen molar-refractivity contribution in [3.05, 3.63) is 104 Å². The number of carbonyl (C=O) groups is 4. The van der Waals surface area contributed by atoms with Gasteiger partial charge in [-0.2, -0.15) is 0 Å². The zero-order chi connectivity index (χ0) is 41.6. The predicted octanol–water partition coefficient (Wildman–Crippen LogP) is 7.47. The molecule has 3 aliphatic heterocycles. The van der Waals surface area contributed by atoms with E-state index in [1.165, 1.54) is 0 Å². The number of primary amides is 1. The Morgan fingerprint density at radius 2 is 1.57 bits per heavy atom. The van der Waals surface area contributed by atoms with Gasteiger partial charge in [0.15, 0.2) is 0 Å². The lowest BCUT2D eigenvalue weighted by molar-refractivity contribution is -0.138. The van der Waals surface area contributed by atoms with E-state index in [2.05, 4.69) is 42.9 Å². The second kappa shape index (κ2) is 13.7. The number of hydrogen-bond donors (Lipinski definition) is 5. The minimum Gasteiger partial charge on any atom is -0.481 e. The molecule has 3 unspecified atom stereocenters. The van der Waals surface area contributed by atoms with Gasteiger partial charge < -0.3 is 30.8 Å². The molecule has 6 N–H and O–H groups in total. The van der Waals surface area contributed by atoms with Gasteiger partial charge in [0.2, 0.25) is 5.91 Å². The molecule has 0 saturated heterocycles. The number of benzene rings is 1. The minimum atomic E-state index is -1.23. The third kappa shape index (κ3) is 5.33. The third-order valence-electron chi connectivity index (χ3n) is 13.5. The number of hydrogen-bond acceptors (Lipinski definition) is 7. The Morgan fingerprint density at radius 3 is 2.21 bits per heavy atom. The van der Waals surface area contributed by atoms with Gasteiger partial charge in [0.25, 0.3) is 0 Å². The summed E-state index contributed by atoms with van der Waals surface area (Å²) in [6, 6.07) is 10.8. The van der Waals surface area contributed by atoms with Crippen LogP contribution in [-0.2, 0) is 38.1 Å². The number of aryl methyl sites for hydroxylation is 4. The number of allylic oxidation sites excluding steroid dienone is 2. The highest BCUT2D eigenvalue weighted by atomic mass is 16.4. The van der Waals surface area contributed by atoms with E-state index in [0.29, 0.717) is 57.0 Å². The lowest BCUT2D eigenvalue weighted by Crippen LogP contribution is -2.64. The maximum atomic E-state index is 13.8. The molecule has 3 atom stereocenters. The molecule has 58 heavy (non-hydrogen) atoms. The Hall–Kier alpha value is -6.30. The monoisotopic (exact) mass is 780 g/mol. The molecule has 0 radical (unpaired) electrons. The van der Waals surface area contributed by atoms with Crippen LogP contribution >= 0.6 is 0 Å². The van der Waals surface area contributed by atoms with Crippen molar-refractivity contribution in [2.24, 2.45) is 5.73 Å². The van der Waals surface area contributed by atoms with E-state index in [-0.39, 0.29) is 25.7 Å². The van der Waals surface area contributed by atoms with Crippen LogP contribution in [0.15, 0.2) is 42.0 Å². The third-order valence-corrected chi connectivity index (χ3v) is 13.5. The number of nitrogens with one attached hydrogen (secondary N) is 2. The fourth-order valence-electron chi connectivity index (χ4n) is 10.7. The number of aliphatic carboxylic acids is 2. The number of nitrogens with two attached hydrogens (primary N) is 1. The summed E-state index contributed by atoms with van der Waals surface area (Å²) in [5, 5.41) is 20.3. The number of fused-ring (bicyclic) bond motifs is 11. The second-order valence-electron chi connectivity index (χ2n) is 16.2. The molecule has 8 rings (SSSR count). The average molecular weight is 781 g/mol. The summed E-state index contributed by atoms with van der Waals surface area (Å²) in [4.78, 5) is 71.3. The van der Waals surface area contributed by atoms with Crippen LogP contribution in [0.5, 0.6) is 0 Å². The first kappa shape index (κ1) is 38.6. The quantitative estimate of drug-likeness (QED) is 0.101. The molecule has 1 aliphatic carbocycles. The van der Waals surface area contributed by atoms with E-state index < -0.39 is 34.7 Å². The maximum absolute atomic E-state index is 13.8. The van der Waals surface area contributed by atoms with Crippen LogP contribution in [0.2, 0.25) is 0 Å². The number of amides is 1. The number of carboxylic acid groups (broad SMARTS) is 2. The molecular formula is C46H48N6O6. The van der Waals surface area contributed by atoms with Crippen molar-refractivity contribution in [2.75, 3.05) is 11.9 Å². The lowest BCUT2D eigenvalue weighted by Gasteiger charge is -2.58. The maximum Gasteiger partial charge on any atom is 0.303 e. The van der Waals surface area contributed by atoms with Gasteiger partial charge in [-0.1, -0.05) is 20.8 Å². The molecule has 4 aromatic rings. The van der Waals surface area contributed by atoms with Gasteiger partial charge in [0.05, 0.1) is 39.6 Å². The standard InChI is InChI=1S/C46H48N6O6/c1-8-26-22(3)32-19-35-27(9-2)24(5)41(50-35)29-17-30(44(47)58)43-45(6)42(29)51-38(20-36-28(11-13-39(54)55)23(4)33(49-36)18-34(26)48-32)46(45,15-14-40(56)57)31-16-25(21-53)10-12-37(31)52(43)7/h10,12,16-21,43,48-49H,8-9,11,13-15H2,1-7H3,(H2,47,58)(H,54,55)(H,56,57). The summed E-state index contributed by atoms with van der Waals surface area (Å²) < 4.78 is 0. The Morgan fingerprint density at radius 1 is 0.897 bits per heavy atom. The number of aromatic nitrogens is 4. The van der Waals surface area contributed by atoms with Gasteiger partial charge in [-0.15, -0.1) is 0 Å². The highest BCUT2D eigenvalue weighted by Crippen LogP contribution is 2.65. The highest BCUT2D eigenvalue weighted by Gasteiger charge is 2.67. The van der Waals surface area contributed by atoms with Gasteiger partial charge in [-0.05, 0) is 128 Å². The Kier molecular flexibility index (Phi) is 9.09. The molecule has 0 saturated carbocycles. The molecule has 3 aromatic heterocycles. The topological polar surface area (TPSA) is 195 Å². The van der Waals surface area contributed by atoms with E-state index in [9.17, 15) is 29.4 Å². The van der Waals surface area contributed by atoms with Crippen LogP contribution in [0.3, 0.4) is 0 Å². The van der Waals surface area contributed by atoms with E-state index in [4.69, 9.17) is 15.7 Å². The van der Waals surface area contributed by atoms with Crippen molar-refractivity contribution in [3.63, 3.8) is 0 Å². The summed E-state index contributed by atoms with van der Waals surface area (Å²) >= 11 is 0. The van der Waals surface area contributed by atoms with Crippen LogP contribution in [-0.4, -0.2) is 67.4 Å².